The Hall–Kier alpha value is -0.670. The summed E-state index contributed by atoms with van der Waals surface area (Å²) in [6.07, 6.45) is -2.01. The van der Waals surface area contributed by atoms with Crippen molar-refractivity contribution < 1.29 is 13.6 Å². The minimum absolute atomic E-state index is 0.330. The quantitative estimate of drug-likeness (QED) is 0.618. The van der Waals surface area contributed by atoms with Gasteiger partial charge in [-0.05, 0) is 18.3 Å². The molecule has 1 heterocycles. The Morgan fingerprint density at radius 1 is 1.38 bits per heavy atom. The summed E-state index contributed by atoms with van der Waals surface area (Å²) in [6.45, 7) is 5.05. The molecule has 0 aliphatic carbocycles. The zero-order valence-corrected chi connectivity index (χ0v) is 7.96. The van der Waals surface area contributed by atoms with Crippen LogP contribution in [0.2, 0.25) is 0 Å². The molecule has 1 saturated heterocycles. The number of hydrogen-bond donors (Lipinski definition) is 0. The van der Waals surface area contributed by atoms with E-state index in [1.54, 1.807) is 0 Å². The predicted octanol–water partition coefficient (Wildman–Crippen LogP) is 1.76. The highest BCUT2D eigenvalue weighted by Gasteiger charge is 2.29. The van der Waals surface area contributed by atoms with Crippen LogP contribution in [-0.4, -0.2) is 30.3 Å². The molecule has 1 fully saturated rings. The molecule has 76 valence electrons. The van der Waals surface area contributed by atoms with Crippen LogP contribution in [0.3, 0.4) is 0 Å². The number of nitrogens with zero attached hydrogens (tertiary/aromatic N) is 1. The minimum atomic E-state index is -2.85. The molecule has 0 aromatic rings. The third-order valence-corrected chi connectivity index (χ3v) is 2.83. The SMILES string of the molecule is CC1CCN(C(=O)C(F)F)CC1C. The summed E-state index contributed by atoms with van der Waals surface area (Å²) in [6, 6.07) is 0. The largest absolute Gasteiger partial charge is 0.337 e. The Morgan fingerprint density at radius 3 is 2.46 bits per heavy atom. The van der Waals surface area contributed by atoms with Crippen molar-refractivity contribution in [3.8, 4) is 0 Å². The van der Waals surface area contributed by atoms with Crippen molar-refractivity contribution in [1.82, 2.24) is 4.90 Å². The van der Waals surface area contributed by atoms with Gasteiger partial charge in [0.25, 0.3) is 5.91 Å². The van der Waals surface area contributed by atoms with Crippen LogP contribution in [0.1, 0.15) is 20.3 Å². The number of piperidine rings is 1. The monoisotopic (exact) mass is 191 g/mol. The second kappa shape index (κ2) is 4.03. The Labute approximate surface area is 76.9 Å². The van der Waals surface area contributed by atoms with E-state index in [1.807, 2.05) is 6.92 Å². The lowest BCUT2D eigenvalue weighted by atomic mass is 9.89. The van der Waals surface area contributed by atoms with Gasteiger partial charge >= 0.3 is 6.43 Å². The smallest absolute Gasteiger partial charge is 0.315 e. The lowest BCUT2D eigenvalue weighted by molar-refractivity contribution is -0.145. The van der Waals surface area contributed by atoms with E-state index in [4.69, 9.17) is 0 Å². The van der Waals surface area contributed by atoms with Gasteiger partial charge in [0.1, 0.15) is 0 Å². The van der Waals surface area contributed by atoms with Gasteiger partial charge in [-0.2, -0.15) is 8.78 Å². The van der Waals surface area contributed by atoms with E-state index < -0.39 is 12.3 Å². The first-order valence-corrected chi connectivity index (χ1v) is 4.59. The average molecular weight is 191 g/mol. The van der Waals surface area contributed by atoms with Crippen molar-refractivity contribution in [1.29, 1.82) is 0 Å². The van der Waals surface area contributed by atoms with Gasteiger partial charge in [-0.3, -0.25) is 4.79 Å². The second-order valence-electron chi connectivity index (χ2n) is 3.83. The number of alkyl halides is 2. The van der Waals surface area contributed by atoms with Crippen LogP contribution in [0.25, 0.3) is 0 Å². The molecule has 0 aromatic carbocycles. The summed E-state index contributed by atoms with van der Waals surface area (Å²) in [5.41, 5.74) is 0. The number of carbonyl (C=O) groups is 1. The molecule has 0 spiro atoms. The standard InChI is InChI=1S/C9H15F2NO/c1-6-3-4-12(5-7(6)2)9(13)8(10)11/h6-8H,3-5H2,1-2H3. The molecule has 13 heavy (non-hydrogen) atoms. The first-order chi connectivity index (χ1) is 6.02. The van der Waals surface area contributed by atoms with E-state index in [-0.39, 0.29) is 0 Å². The van der Waals surface area contributed by atoms with Crippen molar-refractivity contribution in [2.75, 3.05) is 13.1 Å². The van der Waals surface area contributed by atoms with Crippen LogP contribution in [0.4, 0.5) is 8.78 Å². The van der Waals surface area contributed by atoms with Gasteiger partial charge in [-0.15, -0.1) is 0 Å². The average Bonchev–Trinajstić information content (AvgIpc) is 2.08. The van der Waals surface area contributed by atoms with Crippen LogP contribution in [0.15, 0.2) is 0 Å². The van der Waals surface area contributed by atoms with Crippen molar-refractivity contribution in [2.45, 2.75) is 26.7 Å². The molecule has 2 nitrogen and oxygen atoms in total. The third-order valence-electron chi connectivity index (χ3n) is 2.83. The van der Waals surface area contributed by atoms with Gasteiger partial charge < -0.3 is 4.90 Å². The number of hydrogen-bond acceptors (Lipinski definition) is 1. The fourth-order valence-corrected chi connectivity index (χ4v) is 1.60. The molecule has 1 rings (SSSR count). The summed E-state index contributed by atoms with van der Waals surface area (Å²) in [4.78, 5) is 12.2. The van der Waals surface area contributed by atoms with E-state index in [9.17, 15) is 13.6 Å². The lowest BCUT2D eigenvalue weighted by Crippen LogP contribution is -2.44. The summed E-state index contributed by atoms with van der Waals surface area (Å²) in [7, 11) is 0. The Bertz CT molecular complexity index is 196. The summed E-state index contributed by atoms with van der Waals surface area (Å²) in [5.74, 6) is -0.156. The van der Waals surface area contributed by atoms with Crippen LogP contribution in [-0.2, 0) is 4.79 Å². The van der Waals surface area contributed by atoms with Gasteiger partial charge in [0.05, 0.1) is 0 Å². The number of amides is 1. The molecular weight excluding hydrogens is 176 g/mol. The normalized spacial score (nSPS) is 29.5. The number of carbonyl (C=O) groups excluding carboxylic acids is 1. The highest BCUT2D eigenvalue weighted by Crippen LogP contribution is 2.23. The maximum atomic E-state index is 12.0. The lowest BCUT2D eigenvalue weighted by Gasteiger charge is -2.35. The molecule has 1 aliphatic heterocycles. The topological polar surface area (TPSA) is 20.3 Å². The van der Waals surface area contributed by atoms with E-state index in [1.165, 1.54) is 4.90 Å². The van der Waals surface area contributed by atoms with Gasteiger partial charge in [0.15, 0.2) is 0 Å². The summed E-state index contributed by atoms with van der Waals surface area (Å²) in [5, 5.41) is 0. The van der Waals surface area contributed by atoms with Gasteiger partial charge in [-0.25, -0.2) is 0 Å². The van der Waals surface area contributed by atoms with Crippen molar-refractivity contribution in [3.63, 3.8) is 0 Å². The fraction of sp³-hybridized carbons (Fsp3) is 0.889. The molecule has 2 atom stereocenters. The maximum absolute atomic E-state index is 12.0. The minimum Gasteiger partial charge on any atom is -0.337 e. The molecular formula is C9H15F2NO. The third kappa shape index (κ3) is 2.39. The molecule has 0 radical (unpaired) electrons. The zero-order valence-electron chi connectivity index (χ0n) is 7.96. The highest BCUT2D eigenvalue weighted by atomic mass is 19.3. The molecule has 0 aromatic heterocycles. The zero-order chi connectivity index (χ0) is 10.0. The van der Waals surface area contributed by atoms with Crippen LogP contribution in [0, 0.1) is 11.8 Å². The van der Waals surface area contributed by atoms with E-state index in [0.717, 1.165) is 6.42 Å². The van der Waals surface area contributed by atoms with Crippen LogP contribution >= 0.6 is 0 Å². The van der Waals surface area contributed by atoms with Crippen LogP contribution in [0.5, 0.6) is 0 Å². The van der Waals surface area contributed by atoms with Gasteiger partial charge in [0, 0.05) is 13.1 Å². The van der Waals surface area contributed by atoms with Crippen molar-refractivity contribution >= 4 is 5.91 Å². The molecule has 1 amide bonds. The predicted molar refractivity (Wildman–Crippen MR) is 45.5 cm³/mol. The Balaban J connectivity index is 2.50. The van der Waals surface area contributed by atoms with Gasteiger partial charge in [0.2, 0.25) is 0 Å². The molecule has 0 saturated carbocycles. The highest BCUT2D eigenvalue weighted by molar-refractivity contribution is 5.79. The first kappa shape index (κ1) is 10.4. The number of rotatable bonds is 1. The Kier molecular flexibility index (Phi) is 3.22. The van der Waals surface area contributed by atoms with Crippen molar-refractivity contribution in [2.24, 2.45) is 11.8 Å². The summed E-state index contributed by atoms with van der Waals surface area (Å²) < 4.78 is 24.1. The van der Waals surface area contributed by atoms with E-state index in [2.05, 4.69) is 6.92 Å². The number of likely N-dealkylation sites (tertiary alicyclic amines) is 1. The fourth-order valence-electron chi connectivity index (χ4n) is 1.60. The molecule has 2 unspecified atom stereocenters. The molecule has 1 aliphatic rings. The van der Waals surface area contributed by atoms with E-state index >= 15 is 0 Å². The van der Waals surface area contributed by atoms with Crippen LogP contribution < -0.4 is 0 Å². The van der Waals surface area contributed by atoms with Gasteiger partial charge in [-0.1, -0.05) is 13.8 Å². The Morgan fingerprint density at radius 2 is 2.00 bits per heavy atom. The summed E-state index contributed by atoms with van der Waals surface area (Å²) >= 11 is 0. The second-order valence-corrected chi connectivity index (χ2v) is 3.83. The van der Waals surface area contributed by atoms with Crippen molar-refractivity contribution in [3.05, 3.63) is 0 Å². The number of halogens is 2. The molecule has 4 heteroatoms. The van der Waals surface area contributed by atoms with E-state index in [0.29, 0.717) is 24.9 Å². The maximum Gasteiger partial charge on any atom is 0.315 e. The first-order valence-electron chi connectivity index (χ1n) is 4.59. The molecule has 0 N–H and O–H groups in total. The molecule has 0 bridgehead atoms.